The first-order valence-electron chi connectivity index (χ1n) is 10.2. The summed E-state index contributed by atoms with van der Waals surface area (Å²) in [6, 6.07) is 18.2. The van der Waals surface area contributed by atoms with Crippen molar-refractivity contribution in [3.63, 3.8) is 0 Å². The number of hydrogen-bond donors (Lipinski definition) is 2. The number of rotatable bonds is 13. The molecule has 2 N–H and O–H groups in total. The van der Waals surface area contributed by atoms with E-state index in [-0.39, 0.29) is 19.8 Å². The normalized spacial score (nSPS) is 12.0. The summed E-state index contributed by atoms with van der Waals surface area (Å²) in [6.45, 7) is 1.29. The predicted octanol–water partition coefficient (Wildman–Crippen LogP) is 2.85. The molecule has 10 heteroatoms. The van der Waals surface area contributed by atoms with Crippen molar-refractivity contribution in [2.75, 3.05) is 19.8 Å². The average Bonchev–Trinajstić information content (AvgIpc) is 2.80. The zero-order valence-corrected chi connectivity index (χ0v) is 18.7. The molecule has 0 heterocycles. The lowest BCUT2D eigenvalue weighted by Gasteiger charge is -2.19. The Balaban J connectivity index is 1.83. The highest BCUT2D eigenvalue weighted by Gasteiger charge is 2.17. The lowest BCUT2D eigenvalue weighted by molar-refractivity contribution is -0.141. The fraction of sp³-hybridized carbons (Fsp3) is 0.364. The third-order valence-electron chi connectivity index (χ3n) is 4.28. The molecular weight excluding hydrogens is 436 g/mol. The molecule has 0 bridgehead atoms. The van der Waals surface area contributed by atoms with Crippen LogP contribution in [0.3, 0.4) is 0 Å². The van der Waals surface area contributed by atoms with Crippen LogP contribution in [0, 0.1) is 0 Å². The average molecular weight is 465 g/mol. The van der Waals surface area contributed by atoms with Crippen LogP contribution in [0.5, 0.6) is 0 Å². The van der Waals surface area contributed by atoms with Gasteiger partial charge in [0, 0.05) is 0 Å². The monoisotopic (exact) mass is 464 g/mol. The van der Waals surface area contributed by atoms with E-state index >= 15 is 0 Å². The smallest absolute Gasteiger partial charge is 0.407 e. The molecule has 0 aliphatic heterocycles. The Bertz CT molecular complexity index is 937. The molecule has 2 aromatic carbocycles. The minimum absolute atomic E-state index is 0.123. The number of benzene rings is 2. The van der Waals surface area contributed by atoms with Crippen LogP contribution < -0.4 is 10.0 Å². The summed E-state index contributed by atoms with van der Waals surface area (Å²) in [5.41, 5.74) is 1.72. The number of hydrogen-bond acceptors (Lipinski definition) is 7. The molecule has 32 heavy (non-hydrogen) atoms. The second-order valence-electron chi connectivity index (χ2n) is 6.71. The second-order valence-corrected chi connectivity index (χ2v) is 8.15. The van der Waals surface area contributed by atoms with Crippen LogP contribution in [0.2, 0.25) is 0 Å². The summed E-state index contributed by atoms with van der Waals surface area (Å²) in [5.74, 6) is -0.693. The Kier molecular flexibility index (Phi) is 10.6. The highest BCUT2D eigenvalue weighted by molar-refractivity contribution is 7.84. The van der Waals surface area contributed by atoms with Gasteiger partial charge >= 0.3 is 22.4 Å². The van der Waals surface area contributed by atoms with Gasteiger partial charge in [-0.25, -0.2) is 4.79 Å². The highest BCUT2D eigenvalue weighted by atomic mass is 32.2. The fourth-order valence-corrected chi connectivity index (χ4v) is 3.49. The molecular formula is C22H28N2O7S. The van der Waals surface area contributed by atoms with Gasteiger partial charge in [-0.3, -0.25) is 8.98 Å². The summed E-state index contributed by atoms with van der Waals surface area (Å²) in [7, 11) is -4.08. The number of esters is 1. The van der Waals surface area contributed by atoms with Gasteiger partial charge in [0.25, 0.3) is 0 Å². The number of amides is 1. The van der Waals surface area contributed by atoms with E-state index in [1.54, 1.807) is 6.92 Å². The van der Waals surface area contributed by atoms with Gasteiger partial charge in [0.15, 0.2) is 0 Å². The van der Waals surface area contributed by atoms with Crippen LogP contribution in [-0.4, -0.2) is 40.2 Å². The molecule has 0 spiro atoms. The van der Waals surface area contributed by atoms with Crippen LogP contribution in [0.25, 0.3) is 0 Å². The van der Waals surface area contributed by atoms with E-state index in [1.807, 2.05) is 65.4 Å². The minimum atomic E-state index is -4.08. The first-order chi connectivity index (χ1) is 15.4. The Morgan fingerprint density at radius 1 is 0.969 bits per heavy atom. The molecule has 0 aliphatic carbocycles. The molecule has 2 aromatic rings. The topological polar surface area (TPSA) is 120 Å². The number of nitrogens with one attached hydrogen (secondary N) is 2. The number of carbonyl (C=O) groups excluding carboxylic acids is 2. The summed E-state index contributed by atoms with van der Waals surface area (Å²) in [6.07, 6.45) is 0.170. The van der Waals surface area contributed by atoms with Crippen molar-refractivity contribution in [2.24, 2.45) is 0 Å². The first kappa shape index (κ1) is 25.3. The van der Waals surface area contributed by atoms with Gasteiger partial charge in [0.2, 0.25) is 0 Å². The van der Waals surface area contributed by atoms with Crippen LogP contribution >= 0.6 is 0 Å². The van der Waals surface area contributed by atoms with Crippen LogP contribution in [-0.2, 0) is 35.4 Å². The molecule has 9 nitrogen and oxygen atoms in total. The fourth-order valence-electron chi connectivity index (χ4n) is 2.77. The van der Waals surface area contributed by atoms with Crippen molar-refractivity contribution in [3.8, 4) is 0 Å². The molecule has 2 rings (SSSR count). The maximum Gasteiger partial charge on any atom is 0.407 e. The van der Waals surface area contributed by atoms with Crippen molar-refractivity contribution >= 4 is 22.4 Å². The van der Waals surface area contributed by atoms with Gasteiger partial charge < -0.3 is 14.8 Å². The molecule has 1 amide bonds. The van der Waals surface area contributed by atoms with E-state index in [0.717, 1.165) is 11.1 Å². The third-order valence-corrected chi connectivity index (χ3v) is 5.26. The Labute approximate surface area is 188 Å². The molecule has 0 aromatic heterocycles. The van der Waals surface area contributed by atoms with Gasteiger partial charge in [-0.15, -0.1) is 0 Å². The summed E-state index contributed by atoms with van der Waals surface area (Å²) >= 11 is 0. The number of alkyl carbamates (subject to hydrolysis) is 1. The van der Waals surface area contributed by atoms with Crippen LogP contribution in [0.15, 0.2) is 60.7 Å². The van der Waals surface area contributed by atoms with Gasteiger partial charge in [-0.1, -0.05) is 60.7 Å². The third kappa shape index (κ3) is 9.90. The largest absolute Gasteiger partial charge is 0.465 e. The lowest BCUT2D eigenvalue weighted by atomic mass is 10.0. The van der Waals surface area contributed by atoms with E-state index in [1.165, 1.54) is 0 Å². The summed E-state index contributed by atoms with van der Waals surface area (Å²) < 4.78 is 40.5. The molecule has 0 saturated carbocycles. The maximum absolute atomic E-state index is 12.3. The van der Waals surface area contributed by atoms with E-state index in [0.29, 0.717) is 12.8 Å². The molecule has 174 valence electrons. The Morgan fingerprint density at radius 3 is 2.28 bits per heavy atom. The zero-order valence-electron chi connectivity index (χ0n) is 17.9. The van der Waals surface area contributed by atoms with E-state index < -0.39 is 35.0 Å². The quantitative estimate of drug-likeness (QED) is 0.345. The van der Waals surface area contributed by atoms with Crippen LogP contribution in [0.4, 0.5) is 4.79 Å². The highest BCUT2D eigenvalue weighted by Crippen LogP contribution is 2.19. The maximum atomic E-state index is 12.3. The summed E-state index contributed by atoms with van der Waals surface area (Å²) in [5, 5.41) is 2.81. The van der Waals surface area contributed by atoms with Crippen LogP contribution in [0.1, 0.15) is 36.9 Å². The second kappa shape index (κ2) is 13.5. The van der Waals surface area contributed by atoms with Gasteiger partial charge in [0.05, 0.1) is 19.3 Å². The van der Waals surface area contributed by atoms with E-state index in [4.69, 9.17) is 8.92 Å². The Hall–Kier alpha value is -2.95. The number of carbonyl (C=O) groups is 2. The standard InChI is InChI=1S/C22H28N2O7S/c1-2-29-21(25)16-23-32(27,28)31-15-9-14-20(19-12-7-4-8-13-19)24-22(26)30-17-18-10-5-3-6-11-18/h3-8,10-13,20,23H,2,9,14-17H2,1H3,(H,24,26)/t20-/m0/s1. The molecule has 0 aliphatic rings. The first-order valence-corrected chi connectivity index (χ1v) is 11.6. The van der Waals surface area contributed by atoms with E-state index in [9.17, 15) is 18.0 Å². The van der Waals surface area contributed by atoms with Crippen molar-refractivity contribution in [1.82, 2.24) is 10.0 Å². The van der Waals surface area contributed by atoms with Gasteiger partial charge in [-0.05, 0) is 30.9 Å². The molecule has 0 saturated heterocycles. The SMILES string of the molecule is CCOC(=O)CNS(=O)(=O)OCCC[C@H](NC(=O)OCc1ccccc1)c1ccccc1. The van der Waals surface area contributed by atoms with Crippen molar-refractivity contribution in [1.29, 1.82) is 0 Å². The summed E-state index contributed by atoms with van der Waals surface area (Å²) in [4.78, 5) is 23.5. The van der Waals surface area contributed by atoms with Gasteiger partial charge in [0.1, 0.15) is 13.2 Å². The molecule has 0 radical (unpaired) electrons. The van der Waals surface area contributed by atoms with E-state index in [2.05, 4.69) is 10.1 Å². The van der Waals surface area contributed by atoms with Crippen molar-refractivity contribution in [2.45, 2.75) is 32.4 Å². The lowest BCUT2D eigenvalue weighted by Crippen LogP contribution is -2.32. The Morgan fingerprint density at radius 2 is 1.62 bits per heavy atom. The zero-order chi connectivity index (χ0) is 23.2. The van der Waals surface area contributed by atoms with Crippen molar-refractivity contribution < 1.29 is 31.7 Å². The van der Waals surface area contributed by atoms with Gasteiger partial charge in [-0.2, -0.15) is 13.1 Å². The number of ether oxygens (including phenoxy) is 2. The predicted molar refractivity (Wildman–Crippen MR) is 118 cm³/mol. The molecule has 0 fully saturated rings. The van der Waals surface area contributed by atoms with Crippen molar-refractivity contribution in [3.05, 3.63) is 71.8 Å². The molecule has 0 unspecified atom stereocenters. The minimum Gasteiger partial charge on any atom is -0.465 e. The molecule has 1 atom stereocenters.